The molecule has 0 radical (unpaired) electrons. The van der Waals surface area contributed by atoms with E-state index in [1.807, 2.05) is 24.3 Å². The topological polar surface area (TPSA) is 58.6 Å². The van der Waals surface area contributed by atoms with Crippen LogP contribution in [0.4, 0.5) is 0 Å². The summed E-state index contributed by atoms with van der Waals surface area (Å²) in [7, 11) is 0. The molecule has 1 saturated carbocycles. The largest absolute Gasteiger partial charge is 0.481 e. The zero-order valence-electron chi connectivity index (χ0n) is 11.5. The number of hydrogen-bond acceptors (Lipinski definition) is 3. The van der Waals surface area contributed by atoms with Gasteiger partial charge in [0.05, 0.1) is 6.10 Å². The Hall–Kier alpha value is -1.07. The second kappa shape index (κ2) is 7.09. The number of hydrogen-bond donors (Lipinski definition) is 2. The minimum atomic E-state index is -0.547. The van der Waals surface area contributed by atoms with E-state index in [4.69, 9.17) is 4.74 Å². The zero-order valence-corrected chi connectivity index (χ0v) is 13.1. The summed E-state index contributed by atoms with van der Waals surface area (Å²) in [6, 6.07) is 7.37. The molecule has 3 unspecified atom stereocenters. The summed E-state index contributed by atoms with van der Waals surface area (Å²) in [6.07, 6.45) is 2.02. The number of nitrogens with one attached hydrogen (secondary N) is 1. The van der Waals surface area contributed by atoms with Gasteiger partial charge in [0.15, 0.2) is 6.10 Å². The van der Waals surface area contributed by atoms with E-state index < -0.39 is 6.10 Å². The van der Waals surface area contributed by atoms with E-state index in [1.165, 1.54) is 0 Å². The Bertz CT molecular complexity index is 449. The van der Waals surface area contributed by atoms with E-state index in [-0.39, 0.29) is 17.9 Å². The van der Waals surface area contributed by atoms with Crippen LogP contribution in [-0.4, -0.2) is 29.8 Å². The molecule has 1 aliphatic carbocycles. The number of benzene rings is 1. The number of amides is 1. The van der Waals surface area contributed by atoms with Gasteiger partial charge in [-0.3, -0.25) is 4.79 Å². The Kier molecular flexibility index (Phi) is 5.43. The van der Waals surface area contributed by atoms with E-state index in [0.29, 0.717) is 12.3 Å². The molecule has 20 heavy (non-hydrogen) atoms. The van der Waals surface area contributed by atoms with Crippen molar-refractivity contribution in [1.29, 1.82) is 0 Å². The van der Waals surface area contributed by atoms with E-state index in [2.05, 4.69) is 21.2 Å². The Balaban J connectivity index is 1.78. The Morgan fingerprint density at radius 3 is 2.75 bits per heavy atom. The summed E-state index contributed by atoms with van der Waals surface area (Å²) in [5.41, 5.74) is 0. The fourth-order valence-corrected chi connectivity index (χ4v) is 2.67. The van der Waals surface area contributed by atoms with Gasteiger partial charge in [-0.1, -0.05) is 22.4 Å². The summed E-state index contributed by atoms with van der Waals surface area (Å²) in [5, 5.41) is 12.6. The molecule has 1 fully saturated rings. The third kappa shape index (κ3) is 4.21. The van der Waals surface area contributed by atoms with Crippen LogP contribution in [-0.2, 0) is 4.79 Å². The van der Waals surface area contributed by atoms with Crippen LogP contribution in [0.15, 0.2) is 28.7 Å². The van der Waals surface area contributed by atoms with Crippen molar-refractivity contribution in [3.05, 3.63) is 28.7 Å². The number of ether oxygens (including phenoxy) is 1. The molecule has 1 aromatic carbocycles. The standard InChI is InChI=1S/C15H20BrNO3/c1-10(20-13-7-5-12(16)6-8-13)15(19)17-9-11-3-2-4-14(11)18/h5-8,10-11,14,18H,2-4,9H2,1H3,(H,17,19). The first kappa shape index (κ1) is 15.3. The molecule has 2 N–H and O–H groups in total. The fourth-order valence-electron chi connectivity index (χ4n) is 2.40. The van der Waals surface area contributed by atoms with E-state index >= 15 is 0 Å². The summed E-state index contributed by atoms with van der Waals surface area (Å²) in [5.74, 6) is 0.697. The molecule has 1 aliphatic rings. The van der Waals surface area contributed by atoms with Gasteiger partial charge in [-0.25, -0.2) is 0 Å². The van der Waals surface area contributed by atoms with Crippen molar-refractivity contribution in [3.63, 3.8) is 0 Å². The van der Waals surface area contributed by atoms with Crippen molar-refractivity contribution in [2.45, 2.75) is 38.4 Å². The molecular weight excluding hydrogens is 322 g/mol. The highest BCUT2D eigenvalue weighted by molar-refractivity contribution is 9.10. The van der Waals surface area contributed by atoms with Crippen LogP contribution in [0.3, 0.4) is 0 Å². The Labute approximate surface area is 127 Å². The third-order valence-corrected chi connectivity index (χ3v) is 4.18. The second-order valence-electron chi connectivity index (χ2n) is 5.22. The number of carbonyl (C=O) groups is 1. The number of aliphatic hydroxyl groups is 1. The molecule has 1 aromatic rings. The molecule has 0 saturated heterocycles. The van der Waals surface area contributed by atoms with E-state index in [0.717, 1.165) is 23.7 Å². The van der Waals surface area contributed by atoms with Crippen LogP contribution in [0.2, 0.25) is 0 Å². The number of aliphatic hydroxyl groups excluding tert-OH is 1. The van der Waals surface area contributed by atoms with Gasteiger partial charge in [-0.05, 0) is 44.0 Å². The van der Waals surface area contributed by atoms with Crippen LogP contribution in [0.1, 0.15) is 26.2 Å². The highest BCUT2D eigenvalue weighted by Gasteiger charge is 2.26. The van der Waals surface area contributed by atoms with Crippen molar-refractivity contribution < 1.29 is 14.6 Å². The first-order valence-corrected chi connectivity index (χ1v) is 7.73. The normalized spacial score (nSPS) is 23.4. The zero-order chi connectivity index (χ0) is 14.5. The van der Waals surface area contributed by atoms with Gasteiger partial charge in [0, 0.05) is 16.9 Å². The van der Waals surface area contributed by atoms with Crippen molar-refractivity contribution in [3.8, 4) is 5.75 Å². The maximum absolute atomic E-state index is 12.0. The van der Waals surface area contributed by atoms with Crippen molar-refractivity contribution in [1.82, 2.24) is 5.32 Å². The van der Waals surface area contributed by atoms with Crippen molar-refractivity contribution in [2.24, 2.45) is 5.92 Å². The Morgan fingerprint density at radius 2 is 2.15 bits per heavy atom. The predicted molar refractivity (Wildman–Crippen MR) is 80.6 cm³/mol. The maximum Gasteiger partial charge on any atom is 0.260 e. The average Bonchev–Trinajstić information content (AvgIpc) is 2.84. The number of rotatable bonds is 5. The van der Waals surface area contributed by atoms with Gasteiger partial charge in [0.1, 0.15) is 5.75 Å². The SMILES string of the molecule is CC(Oc1ccc(Br)cc1)C(=O)NCC1CCCC1O. The highest BCUT2D eigenvalue weighted by atomic mass is 79.9. The molecule has 0 aliphatic heterocycles. The molecule has 0 bridgehead atoms. The molecule has 5 heteroatoms. The maximum atomic E-state index is 12.0. The molecule has 0 heterocycles. The highest BCUT2D eigenvalue weighted by Crippen LogP contribution is 2.24. The minimum absolute atomic E-state index is 0.146. The number of halogens is 1. The van der Waals surface area contributed by atoms with Gasteiger partial charge in [-0.2, -0.15) is 0 Å². The molecular formula is C15H20BrNO3. The lowest BCUT2D eigenvalue weighted by Crippen LogP contribution is -2.40. The van der Waals surface area contributed by atoms with Gasteiger partial charge >= 0.3 is 0 Å². The summed E-state index contributed by atoms with van der Waals surface area (Å²) >= 11 is 3.35. The molecule has 110 valence electrons. The van der Waals surface area contributed by atoms with Gasteiger partial charge in [0.2, 0.25) is 0 Å². The summed E-state index contributed by atoms with van der Waals surface area (Å²) in [4.78, 5) is 12.0. The molecule has 2 rings (SSSR count). The first-order valence-electron chi connectivity index (χ1n) is 6.94. The van der Waals surface area contributed by atoms with Gasteiger partial charge in [-0.15, -0.1) is 0 Å². The molecule has 0 spiro atoms. The van der Waals surface area contributed by atoms with Crippen LogP contribution in [0, 0.1) is 5.92 Å². The number of carbonyl (C=O) groups excluding carboxylic acids is 1. The van der Waals surface area contributed by atoms with Gasteiger partial charge in [0.25, 0.3) is 5.91 Å². The quantitative estimate of drug-likeness (QED) is 0.864. The molecule has 4 nitrogen and oxygen atoms in total. The molecule has 0 aromatic heterocycles. The lowest BCUT2D eigenvalue weighted by atomic mass is 10.1. The summed E-state index contributed by atoms with van der Waals surface area (Å²) < 4.78 is 6.55. The van der Waals surface area contributed by atoms with Crippen LogP contribution in [0.25, 0.3) is 0 Å². The molecule has 3 atom stereocenters. The second-order valence-corrected chi connectivity index (χ2v) is 6.13. The average molecular weight is 342 g/mol. The third-order valence-electron chi connectivity index (χ3n) is 3.65. The predicted octanol–water partition coefficient (Wildman–Crippen LogP) is 2.49. The Morgan fingerprint density at radius 1 is 1.45 bits per heavy atom. The van der Waals surface area contributed by atoms with E-state index in [9.17, 15) is 9.90 Å². The summed E-state index contributed by atoms with van der Waals surface area (Å²) in [6.45, 7) is 2.25. The smallest absolute Gasteiger partial charge is 0.260 e. The first-order chi connectivity index (χ1) is 9.56. The monoisotopic (exact) mass is 341 g/mol. The minimum Gasteiger partial charge on any atom is -0.481 e. The van der Waals surface area contributed by atoms with Crippen molar-refractivity contribution >= 4 is 21.8 Å². The fraction of sp³-hybridized carbons (Fsp3) is 0.533. The van der Waals surface area contributed by atoms with Crippen LogP contribution < -0.4 is 10.1 Å². The van der Waals surface area contributed by atoms with Crippen LogP contribution >= 0.6 is 15.9 Å². The lowest BCUT2D eigenvalue weighted by Gasteiger charge is -2.18. The molecule has 1 amide bonds. The van der Waals surface area contributed by atoms with Crippen LogP contribution in [0.5, 0.6) is 5.75 Å². The van der Waals surface area contributed by atoms with Crippen molar-refractivity contribution in [2.75, 3.05) is 6.54 Å². The lowest BCUT2D eigenvalue weighted by molar-refractivity contribution is -0.127. The van der Waals surface area contributed by atoms with Gasteiger partial charge < -0.3 is 15.2 Å². The van der Waals surface area contributed by atoms with E-state index in [1.54, 1.807) is 6.92 Å².